The third-order valence-corrected chi connectivity index (χ3v) is 3.71. The molecule has 0 saturated heterocycles. The molecule has 3 heteroatoms. The van der Waals surface area contributed by atoms with Crippen LogP contribution in [0.2, 0.25) is 0 Å². The molecule has 0 atom stereocenters. The van der Waals surface area contributed by atoms with Gasteiger partial charge in [0.2, 0.25) is 5.78 Å². The van der Waals surface area contributed by atoms with E-state index >= 15 is 0 Å². The lowest BCUT2D eigenvalue weighted by Crippen LogP contribution is -2.15. The van der Waals surface area contributed by atoms with Gasteiger partial charge in [-0.25, -0.2) is 9.37 Å². The molecule has 1 heterocycles. The zero-order valence-electron chi connectivity index (χ0n) is 10.5. The first-order valence-corrected chi connectivity index (χ1v) is 6.51. The summed E-state index contributed by atoms with van der Waals surface area (Å²) in [7, 11) is 0. The zero-order chi connectivity index (χ0) is 13.2. The summed E-state index contributed by atoms with van der Waals surface area (Å²) in [5, 5.41) is 0. The van der Waals surface area contributed by atoms with Crippen LogP contribution in [0.1, 0.15) is 46.8 Å². The van der Waals surface area contributed by atoms with Crippen molar-refractivity contribution in [3.8, 4) is 0 Å². The summed E-state index contributed by atoms with van der Waals surface area (Å²) in [5.74, 6) is -0.0630. The van der Waals surface area contributed by atoms with Crippen molar-refractivity contribution in [3.05, 3.63) is 65.2 Å². The maximum Gasteiger partial charge on any atom is 0.211 e. The number of aromatic nitrogens is 1. The van der Waals surface area contributed by atoms with E-state index in [2.05, 4.69) is 4.98 Å². The van der Waals surface area contributed by atoms with Crippen LogP contribution in [0.5, 0.6) is 0 Å². The molecule has 2 aromatic rings. The summed E-state index contributed by atoms with van der Waals surface area (Å²) in [5.41, 5.74) is 2.10. The zero-order valence-corrected chi connectivity index (χ0v) is 10.5. The van der Waals surface area contributed by atoms with E-state index in [4.69, 9.17) is 0 Å². The van der Waals surface area contributed by atoms with Crippen molar-refractivity contribution in [3.63, 3.8) is 0 Å². The standard InChI is InChI=1S/C16H14FNO/c17-12-8-9-15(18-10-12)16(19)14-7-2-1-6-13(14)11-4-3-5-11/h1-2,6-11H,3-5H2. The van der Waals surface area contributed by atoms with Crippen molar-refractivity contribution >= 4 is 5.78 Å². The first-order chi connectivity index (χ1) is 9.25. The summed E-state index contributed by atoms with van der Waals surface area (Å²) in [6.45, 7) is 0. The summed E-state index contributed by atoms with van der Waals surface area (Å²) in [6, 6.07) is 10.4. The molecule has 0 unspecified atom stereocenters. The molecule has 0 amide bonds. The monoisotopic (exact) mass is 255 g/mol. The third kappa shape index (κ3) is 2.28. The van der Waals surface area contributed by atoms with Gasteiger partial charge >= 0.3 is 0 Å². The molecule has 96 valence electrons. The maximum atomic E-state index is 12.8. The van der Waals surface area contributed by atoms with Crippen molar-refractivity contribution in [2.24, 2.45) is 0 Å². The highest BCUT2D eigenvalue weighted by atomic mass is 19.1. The van der Waals surface area contributed by atoms with E-state index in [0.717, 1.165) is 24.6 Å². The Morgan fingerprint density at radius 3 is 2.58 bits per heavy atom. The van der Waals surface area contributed by atoms with Crippen molar-refractivity contribution in [2.75, 3.05) is 0 Å². The van der Waals surface area contributed by atoms with E-state index in [0.29, 0.717) is 17.2 Å². The molecule has 1 saturated carbocycles. The SMILES string of the molecule is O=C(c1ccc(F)cn1)c1ccccc1C1CCC1. The number of rotatable bonds is 3. The van der Waals surface area contributed by atoms with Crippen molar-refractivity contribution < 1.29 is 9.18 Å². The van der Waals surface area contributed by atoms with Gasteiger partial charge in [-0.3, -0.25) is 4.79 Å². The van der Waals surface area contributed by atoms with Crippen LogP contribution < -0.4 is 0 Å². The Labute approximate surface area is 111 Å². The van der Waals surface area contributed by atoms with Gasteiger partial charge in [-0.2, -0.15) is 0 Å². The van der Waals surface area contributed by atoms with Gasteiger partial charge in [0, 0.05) is 5.56 Å². The van der Waals surface area contributed by atoms with Crippen molar-refractivity contribution in [1.29, 1.82) is 0 Å². The molecular formula is C16H14FNO. The van der Waals surface area contributed by atoms with Crippen LogP contribution in [0.25, 0.3) is 0 Å². The fourth-order valence-electron chi connectivity index (χ4n) is 2.43. The number of hydrogen-bond donors (Lipinski definition) is 0. The Hall–Kier alpha value is -2.03. The summed E-state index contributed by atoms with van der Waals surface area (Å²) < 4.78 is 12.8. The van der Waals surface area contributed by atoms with Gasteiger partial charge in [0.05, 0.1) is 6.20 Å². The Morgan fingerprint density at radius 1 is 1.16 bits per heavy atom. The smallest absolute Gasteiger partial charge is 0.211 e. The Morgan fingerprint density at radius 2 is 1.95 bits per heavy atom. The van der Waals surface area contributed by atoms with Gasteiger partial charge in [-0.15, -0.1) is 0 Å². The lowest BCUT2D eigenvalue weighted by atomic mass is 9.77. The largest absolute Gasteiger partial charge is 0.287 e. The topological polar surface area (TPSA) is 30.0 Å². The van der Waals surface area contributed by atoms with Crippen LogP contribution in [0.3, 0.4) is 0 Å². The molecule has 0 aliphatic heterocycles. The van der Waals surface area contributed by atoms with Crippen LogP contribution >= 0.6 is 0 Å². The van der Waals surface area contributed by atoms with E-state index in [1.54, 1.807) is 0 Å². The van der Waals surface area contributed by atoms with E-state index in [1.807, 2.05) is 24.3 Å². The number of ketones is 1. The number of nitrogens with zero attached hydrogens (tertiary/aromatic N) is 1. The molecule has 1 aliphatic carbocycles. The second-order valence-corrected chi connectivity index (χ2v) is 4.91. The number of halogens is 1. The molecule has 0 N–H and O–H groups in total. The average Bonchev–Trinajstić information content (AvgIpc) is 2.37. The van der Waals surface area contributed by atoms with Crippen LogP contribution in [0.15, 0.2) is 42.6 Å². The van der Waals surface area contributed by atoms with E-state index < -0.39 is 5.82 Å². The van der Waals surface area contributed by atoms with Gasteiger partial charge < -0.3 is 0 Å². The minimum Gasteiger partial charge on any atom is -0.287 e. The predicted molar refractivity (Wildman–Crippen MR) is 70.7 cm³/mol. The second kappa shape index (κ2) is 4.92. The maximum absolute atomic E-state index is 12.8. The van der Waals surface area contributed by atoms with Crippen LogP contribution in [-0.4, -0.2) is 10.8 Å². The summed E-state index contributed by atoms with van der Waals surface area (Å²) in [4.78, 5) is 16.3. The van der Waals surface area contributed by atoms with Gasteiger partial charge in [-0.1, -0.05) is 30.7 Å². The molecule has 0 bridgehead atoms. The molecule has 0 spiro atoms. The number of benzene rings is 1. The third-order valence-electron chi connectivity index (χ3n) is 3.71. The number of carbonyl (C=O) groups excluding carboxylic acids is 1. The predicted octanol–water partition coefficient (Wildman–Crippen LogP) is 3.72. The quantitative estimate of drug-likeness (QED) is 0.782. The fourth-order valence-corrected chi connectivity index (χ4v) is 2.43. The number of hydrogen-bond acceptors (Lipinski definition) is 2. The van der Waals surface area contributed by atoms with Crippen LogP contribution in [0, 0.1) is 5.82 Å². The highest BCUT2D eigenvalue weighted by Crippen LogP contribution is 2.38. The van der Waals surface area contributed by atoms with E-state index in [9.17, 15) is 9.18 Å². The van der Waals surface area contributed by atoms with E-state index in [-0.39, 0.29) is 5.78 Å². The molecule has 2 nitrogen and oxygen atoms in total. The highest BCUT2D eigenvalue weighted by Gasteiger charge is 2.24. The summed E-state index contributed by atoms with van der Waals surface area (Å²) >= 11 is 0. The molecule has 0 radical (unpaired) electrons. The minimum atomic E-state index is -0.427. The lowest BCUT2D eigenvalue weighted by molar-refractivity contribution is 0.103. The Balaban J connectivity index is 1.97. The lowest BCUT2D eigenvalue weighted by Gasteiger charge is -2.27. The van der Waals surface area contributed by atoms with Gasteiger partial charge in [0.25, 0.3) is 0 Å². The van der Waals surface area contributed by atoms with Crippen LogP contribution in [0.4, 0.5) is 4.39 Å². The van der Waals surface area contributed by atoms with Gasteiger partial charge in [-0.05, 0) is 36.5 Å². The molecule has 19 heavy (non-hydrogen) atoms. The molecule has 1 fully saturated rings. The molecule has 3 rings (SSSR count). The molecule has 1 aromatic carbocycles. The molecular weight excluding hydrogens is 241 g/mol. The van der Waals surface area contributed by atoms with Crippen molar-refractivity contribution in [1.82, 2.24) is 4.98 Å². The number of carbonyl (C=O) groups is 1. The Bertz CT molecular complexity index is 602. The van der Waals surface area contributed by atoms with Crippen molar-refractivity contribution in [2.45, 2.75) is 25.2 Å². The van der Waals surface area contributed by atoms with Gasteiger partial charge in [0.1, 0.15) is 11.5 Å². The number of pyridine rings is 1. The molecule has 1 aromatic heterocycles. The molecule has 1 aliphatic rings. The van der Waals surface area contributed by atoms with Gasteiger partial charge in [0.15, 0.2) is 0 Å². The highest BCUT2D eigenvalue weighted by molar-refractivity contribution is 6.08. The minimum absolute atomic E-state index is 0.123. The average molecular weight is 255 g/mol. The second-order valence-electron chi connectivity index (χ2n) is 4.91. The first kappa shape index (κ1) is 12.0. The van der Waals surface area contributed by atoms with E-state index in [1.165, 1.54) is 18.6 Å². The Kier molecular flexibility index (Phi) is 3.11. The fraction of sp³-hybridized carbons (Fsp3) is 0.250. The normalized spacial score (nSPS) is 15.0. The summed E-state index contributed by atoms with van der Waals surface area (Å²) in [6.07, 6.45) is 4.59. The van der Waals surface area contributed by atoms with Crippen LogP contribution in [-0.2, 0) is 0 Å². The first-order valence-electron chi connectivity index (χ1n) is 6.51.